The van der Waals surface area contributed by atoms with Crippen molar-refractivity contribution in [1.29, 1.82) is 0 Å². The smallest absolute Gasteiger partial charge is 0.221 e. The fourth-order valence-electron chi connectivity index (χ4n) is 1.86. The molecule has 0 radical (unpaired) electrons. The van der Waals surface area contributed by atoms with Crippen LogP contribution in [0.5, 0.6) is 0 Å². The number of hydrogen-bond acceptors (Lipinski definition) is 4. The number of amidine groups is 1. The maximum atomic E-state index is 11.5. The van der Waals surface area contributed by atoms with E-state index in [0.29, 0.717) is 31.1 Å². The SMILES string of the molecule is NC(=NO)c1cccc(CNCCC(=O)NC2CC2)c1. The highest BCUT2D eigenvalue weighted by molar-refractivity contribution is 5.97. The van der Waals surface area contributed by atoms with Crippen LogP contribution in [0, 0.1) is 0 Å². The molecule has 1 saturated carbocycles. The van der Waals surface area contributed by atoms with E-state index >= 15 is 0 Å². The zero-order valence-electron chi connectivity index (χ0n) is 11.3. The fourth-order valence-corrected chi connectivity index (χ4v) is 1.86. The van der Waals surface area contributed by atoms with Crippen molar-refractivity contribution in [3.63, 3.8) is 0 Å². The molecule has 5 N–H and O–H groups in total. The van der Waals surface area contributed by atoms with E-state index in [0.717, 1.165) is 18.4 Å². The predicted molar refractivity (Wildman–Crippen MR) is 76.4 cm³/mol. The third-order valence-corrected chi connectivity index (χ3v) is 3.13. The predicted octanol–water partition coefficient (Wildman–Crippen LogP) is 0.539. The van der Waals surface area contributed by atoms with Gasteiger partial charge in [0.1, 0.15) is 0 Å². The van der Waals surface area contributed by atoms with Gasteiger partial charge in [-0.05, 0) is 24.5 Å². The standard InChI is InChI=1S/C14H20N4O2/c15-14(18-20)11-3-1-2-10(8-11)9-16-7-6-13(19)17-12-4-5-12/h1-3,8,12,16,20H,4-7,9H2,(H2,15,18)(H,17,19). The van der Waals surface area contributed by atoms with E-state index in [9.17, 15) is 4.79 Å². The van der Waals surface area contributed by atoms with Gasteiger partial charge in [-0.3, -0.25) is 4.79 Å². The third kappa shape index (κ3) is 4.55. The summed E-state index contributed by atoms with van der Waals surface area (Å²) in [6.07, 6.45) is 2.70. The second-order valence-corrected chi connectivity index (χ2v) is 4.95. The summed E-state index contributed by atoms with van der Waals surface area (Å²) in [7, 11) is 0. The summed E-state index contributed by atoms with van der Waals surface area (Å²) in [4.78, 5) is 11.5. The number of rotatable bonds is 7. The van der Waals surface area contributed by atoms with Gasteiger partial charge >= 0.3 is 0 Å². The lowest BCUT2D eigenvalue weighted by Gasteiger charge is -2.07. The Morgan fingerprint density at radius 2 is 2.25 bits per heavy atom. The third-order valence-electron chi connectivity index (χ3n) is 3.13. The van der Waals surface area contributed by atoms with Crippen LogP contribution >= 0.6 is 0 Å². The first-order chi connectivity index (χ1) is 9.69. The lowest BCUT2D eigenvalue weighted by Crippen LogP contribution is -2.29. The first-order valence-corrected chi connectivity index (χ1v) is 6.76. The number of oxime groups is 1. The Bertz CT molecular complexity index is 498. The van der Waals surface area contributed by atoms with Crippen molar-refractivity contribution >= 4 is 11.7 Å². The number of amides is 1. The van der Waals surface area contributed by atoms with Gasteiger partial charge in [0.05, 0.1) is 0 Å². The zero-order valence-corrected chi connectivity index (χ0v) is 11.3. The minimum Gasteiger partial charge on any atom is -0.409 e. The molecule has 1 aromatic carbocycles. The fraction of sp³-hybridized carbons (Fsp3) is 0.429. The number of hydrogen-bond donors (Lipinski definition) is 4. The molecule has 2 rings (SSSR count). The molecular weight excluding hydrogens is 256 g/mol. The molecule has 1 fully saturated rings. The van der Waals surface area contributed by atoms with Gasteiger partial charge in [-0.2, -0.15) is 0 Å². The van der Waals surface area contributed by atoms with E-state index in [4.69, 9.17) is 10.9 Å². The molecule has 1 aromatic rings. The van der Waals surface area contributed by atoms with Crippen LogP contribution in [0.1, 0.15) is 30.4 Å². The highest BCUT2D eigenvalue weighted by atomic mass is 16.4. The molecule has 0 aromatic heterocycles. The molecule has 0 heterocycles. The Hall–Kier alpha value is -2.08. The van der Waals surface area contributed by atoms with Crippen LogP contribution in [-0.4, -0.2) is 29.5 Å². The average molecular weight is 276 g/mol. The van der Waals surface area contributed by atoms with Crippen molar-refractivity contribution in [3.05, 3.63) is 35.4 Å². The summed E-state index contributed by atoms with van der Waals surface area (Å²) in [6.45, 7) is 1.27. The van der Waals surface area contributed by atoms with E-state index in [-0.39, 0.29) is 11.7 Å². The van der Waals surface area contributed by atoms with Gasteiger partial charge in [0.15, 0.2) is 5.84 Å². The topological polar surface area (TPSA) is 99.7 Å². The highest BCUT2D eigenvalue weighted by Crippen LogP contribution is 2.18. The van der Waals surface area contributed by atoms with E-state index in [1.165, 1.54) is 0 Å². The van der Waals surface area contributed by atoms with Crippen LogP contribution in [0.4, 0.5) is 0 Å². The minimum absolute atomic E-state index is 0.0932. The second kappa shape index (κ2) is 6.91. The van der Waals surface area contributed by atoms with Gasteiger partial charge in [-0.1, -0.05) is 23.4 Å². The van der Waals surface area contributed by atoms with Gasteiger partial charge in [0, 0.05) is 31.1 Å². The number of carbonyl (C=O) groups is 1. The molecule has 6 heteroatoms. The largest absolute Gasteiger partial charge is 0.409 e. The summed E-state index contributed by atoms with van der Waals surface area (Å²) >= 11 is 0. The first-order valence-electron chi connectivity index (χ1n) is 6.76. The Labute approximate surface area is 118 Å². The summed E-state index contributed by atoms with van der Waals surface area (Å²) in [5.41, 5.74) is 7.24. The summed E-state index contributed by atoms with van der Waals surface area (Å²) in [6, 6.07) is 7.85. The lowest BCUT2D eigenvalue weighted by molar-refractivity contribution is -0.121. The van der Waals surface area contributed by atoms with Crippen LogP contribution in [-0.2, 0) is 11.3 Å². The van der Waals surface area contributed by atoms with E-state index in [2.05, 4.69) is 15.8 Å². The van der Waals surface area contributed by atoms with E-state index in [1.54, 1.807) is 6.07 Å². The van der Waals surface area contributed by atoms with Crippen molar-refractivity contribution in [2.75, 3.05) is 6.54 Å². The summed E-state index contributed by atoms with van der Waals surface area (Å²) in [5.74, 6) is 0.195. The zero-order chi connectivity index (χ0) is 14.4. The lowest BCUT2D eigenvalue weighted by atomic mass is 10.1. The first kappa shape index (κ1) is 14.3. The van der Waals surface area contributed by atoms with Crippen LogP contribution in [0.2, 0.25) is 0 Å². The van der Waals surface area contributed by atoms with Crippen molar-refractivity contribution in [3.8, 4) is 0 Å². The number of benzene rings is 1. The number of nitrogens with zero attached hydrogens (tertiary/aromatic N) is 1. The maximum Gasteiger partial charge on any atom is 0.221 e. The second-order valence-electron chi connectivity index (χ2n) is 4.95. The summed E-state index contributed by atoms with van der Waals surface area (Å²) < 4.78 is 0. The molecule has 0 aliphatic heterocycles. The molecule has 0 unspecified atom stereocenters. The van der Waals surface area contributed by atoms with Gasteiger partial charge in [0.2, 0.25) is 5.91 Å². The van der Waals surface area contributed by atoms with Gasteiger partial charge in [-0.15, -0.1) is 0 Å². The molecule has 1 aliphatic carbocycles. The van der Waals surface area contributed by atoms with Crippen molar-refractivity contribution in [2.24, 2.45) is 10.9 Å². The van der Waals surface area contributed by atoms with Gasteiger partial charge in [0.25, 0.3) is 0 Å². The van der Waals surface area contributed by atoms with Crippen LogP contribution in [0.3, 0.4) is 0 Å². The summed E-state index contributed by atoms with van der Waals surface area (Å²) in [5, 5.41) is 17.8. The van der Waals surface area contributed by atoms with Crippen molar-refractivity contribution < 1.29 is 10.0 Å². The van der Waals surface area contributed by atoms with Gasteiger partial charge < -0.3 is 21.6 Å². The molecule has 1 aliphatic rings. The molecule has 0 saturated heterocycles. The van der Waals surface area contributed by atoms with Crippen molar-refractivity contribution in [2.45, 2.75) is 31.8 Å². The van der Waals surface area contributed by atoms with Gasteiger partial charge in [-0.25, -0.2) is 0 Å². The molecule has 0 bridgehead atoms. The van der Waals surface area contributed by atoms with E-state index < -0.39 is 0 Å². The molecule has 6 nitrogen and oxygen atoms in total. The molecule has 0 spiro atoms. The average Bonchev–Trinajstić information content (AvgIpc) is 3.27. The molecule has 108 valence electrons. The number of nitrogens with two attached hydrogens (primary N) is 1. The Balaban J connectivity index is 1.72. The van der Waals surface area contributed by atoms with Crippen LogP contribution < -0.4 is 16.4 Å². The molecule has 1 amide bonds. The van der Waals surface area contributed by atoms with Crippen LogP contribution in [0.25, 0.3) is 0 Å². The number of nitrogens with one attached hydrogen (secondary N) is 2. The molecule has 20 heavy (non-hydrogen) atoms. The maximum absolute atomic E-state index is 11.5. The molecular formula is C14H20N4O2. The Morgan fingerprint density at radius 1 is 1.45 bits per heavy atom. The van der Waals surface area contributed by atoms with Crippen molar-refractivity contribution in [1.82, 2.24) is 10.6 Å². The monoisotopic (exact) mass is 276 g/mol. The quantitative estimate of drug-likeness (QED) is 0.192. The van der Waals surface area contributed by atoms with E-state index in [1.807, 2.05) is 18.2 Å². The van der Waals surface area contributed by atoms with Crippen LogP contribution in [0.15, 0.2) is 29.4 Å². The molecule has 0 atom stereocenters. The normalized spacial score (nSPS) is 15.1. The highest BCUT2D eigenvalue weighted by Gasteiger charge is 2.22. The Kier molecular flexibility index (Phi) is 4.95. The Morgan fingerprint density at radius 3 is 2.95 bits per heavy atom. The number of carbonyl (C=O) groups excluding carboxylic acids is 1. The minimum atomic E-state index is 0.0932.